The summed E-state index contributed by atoms with van der Waals surface area (Å²) in [5.74, 6) is 0.693. The van der Waals surface area contributed by atoms with Crippen molar-refractivity contribution in [3.8, 4) is 11.4 Å². The highest BCUT2D eigenvalue weighted by molar-refractivity contribution is 7.14. The van der Waals surface area contributed by atoms with Crippen molar-refractivity contribution >= 4 is 17.6 Å². The van der Waals surface area contributed by atoms with Gasteiger partial charge in [0.1, 0.15) is 6.33 Å². The van der Waals surface area contributed by atoms with Crippen molar-refractivity contribution in [3.63, 3.8) is 0 Å². The van der Waals surface area contributed by atoms with Crippen LogP contribution in [0, 0.1) is 0 Å². The maximum atomic E-state index is 10.7. The third-order valence-corrected chi connectivity index (χ3v) is 3.31. The van der Waals surface area contributed by atoms with Crippen molar-refractivity contribution in [1.82, 2.24) is 14.8 Å². The average molecular weight is 221 g/mol. The first-order valence-electron chi connectivity index (χ1n) is 4.68. The van der Waals surface area contributed by atoms with E-state index >= 15 is 0 Å². The summed E-state index contributed by atoms with van der Waals surface area (Å²) >= 11 is 1.51. The van der Waals surface area contributed by atoms with Gasteiger partial charge < -0.3 is 0 Å². The normalized spacial score (nSPS) is 10.5. The molecule has 0 aliphatic heterocycles. The van der Waals surface area contributed by atoms with Gasteiger partial charge >= 0.3 is 0 Å². The molecule has 0 bridgehead atoms. The molecule has 5 heteroatoms. The van der Waals surface area contributed by atoms with E-state index in [9.17, 15) is 4.79 Å². The van der Waals surface area contributed by atoms with E-state index in [1.165, 1.54) is 11.3 Å². The fourth-order valence-electron chi connectivity index (χ4n) is 1.42. The standard InChI is InChI=1S/C10H11N3OS/c1-3-9-8(4-7(5-14)15-9)10-11-6-13(2)12-10/h4-6H,3H2,1-2H3. The molecule has 0 saturated carbocycles. The van der Waals surface area contributed by atoms with Gasteiger partial charge in [0.25, 0.3) is 0 Å². The molecule has 15 heavy (non-hydrogen) atoms. The van der Waals surface area contributed by atoms with Crippen LogP contribution in [0.25, 0.3) is 11.4 Å². The Balaban J connectivity index is 2.50. The third-order valence-electron chi connectivity index (χ3n) is 2.11. The molecule has 0 aliphatic carbocycles. The van der Waals surface area contributed by atoms with Gasteiger partial charge in [0.2, 0.25) is 0 Å². The summed E-state index contributed by atoms with van der Waals surface area (Å²) in [6, 6.07) is 1.85. The first-order chi connectivity index (χ1) is 7.24. The van der Waals surface area contributed by atoms with Gasteiger partial charge in [-0.15, -0.1) is 11.3 Å². The van der Waals surface area contributed by atoms with E-state index in [1.54, 1.807) is 11.0 Å². The van der Waals surface area contributed by atoms with Crippen LogP contribution in [0.4, 0.5) is 0 Å². The molecule has 0 unspecified atom stereocenters. The number of carbonyl (C=O) groups is 1. The Morgan fingerprint density at radius 1 is 1.60 bits per heavy atom. The lowest BCUT2D eigenvalue weighted by Gasteiger charge is -1.93. The molecule has 0 saturated heterocycles. The molecule has 0 aliphatic rings. The van der Waals surface area contributed by atoms with Crippen molar-refractivity contribution in [2.45, 2.75) is 13.3 Å². The van der Waals surface area contributed by atoms with Crippen LogP contribution >= 0.6 is 11.3 Å². The molecule has 0 aromatic carbocycles. The molecule has 0 spiro atoms. The number of thiophene rings is 1. The summed E-state index contributed by atoms with van der Waals surface area (Å²) in [5.41, 5.74) is 0.977. The van der Waals surface area contributed by atoms with Crippen molar-refractivity contribution in [2.24, 2.45) is 7.05 Å². The van der Waals surface area contributed by atoms with E-state index in [-0.39, 0.29) is 0 Å². The lowest BCUT2D eigenvalue weighted by Crippen LogP contribution is -1.88. The monoisotopic (exact) mass is 221 g/mol. The van der Waals surface area contributed by atoms with Crippen LogP contribution < -0.4 is 0 Å². The van der Waals surface area contributed by atoms with Crippen LogP contribution in [-0.2, 0) is 13.5 Å². The quantitative estimate of drug-likeness (QED) is 0.744. The van der Waals surface area contributed by atoms with E-state index < -0.39 is 0 Å². The fraction of sp³-hybridized carbons (Fsp3) is 0.300. The molecule has 2 heterocycles. The molecule has 2 aromatic rings. The van der Waals surface area contributed by atoms with Crippen LogP contribution in [0.2, 0.25) is 0 Å². The van der Waals surface area contributed by atoms with Gasteiger partial charge in [-0.3, -0.25) is 9.48 Å². The number of carbonyl (C=O) groups excluding carboxylic acids is 1. The molecule has 2 rings (SSSR count). The minimum atomic E-state index is 0.693. The molecular formula is C10H11N3OS. The third kappa shape index (κ3) is 1.83. The number of aldehydes is 1. The Hall–Kier alpha value is -1.49. The second-order valence-electron chi connectivity index (χ2n) is 3.20. The Morgan fingerprint density at radius 2 is 2.40 bits per heavy atom. The molecule has 78 valence electrons. The molecular weight excluding hydrogens is 210 g/mol. The molecule has 0 fully saturated rings. The summed E-state index contributed by atoms with van der Waals surface area (Å²) in [5, 5.41) is 4.23. The number of hydrogen-bond donors (Lipinski definition) is 0. The highest BCUT2D eigenvalue weighted by Crippen LogP contribution is 2.28. The lowest BCUT2D eigenvalue weighted by atomic mass is 10.2. The van der Waals surface area contributed by atoms with Crippen molar-refractivity contribution < 1.29 is 4.79 Å². The molecule has 0 amide bonds. The zero-order valence-electron chi connectivity index (χ0n) is 8.60. The number of rotatable bonds is 3. The van der Waals surface area contributed by atoms with E-state index in [0.717, 1.165) is 28.0 Å². The SMILES string of the molecule is CCc1sc(C=O)cc1-c1ncn(C)n1. The van der Waals surface area contributed by atoms with Gasteiger partial charge in [-0.05, 0) is 12.5 Å². The van der Waals surface area contributed by atoms with Crippen molar-refractivity contribution in [2.75, 3.05) is 0 Å². The molecule has 0 radical (unpaired) electrons. The van der Waals surface area contributed by atoms with Gasteiger partial charge in [-0.1, -0.05) is 6.92 Å². The van der Waals surface area contributed by atoms with Crippen LogP contribution in [0.15, 0.2) is 12.4 Å². The van der Waals surface area contributed by atoms with Crippen LogP contribution in [-0.4, -0.2) is 21.1 Å². The molecule has 2 aromatic heterocycles. The van der Waals surface area contributed by atoms with Crippen LogP contribution in [0.3, 0.4) is 0 Å². The zero-order valence-corrected chi connectivity index (χ0v) is 9.41. The van der Waals surface area contributed by atoms with E-state index in [2.05, 4.69) is 17.0 Å². The minimum absolute atomic E-state index is 0.693. The smallest absolute Gasteiger partial charge is 0.182 e. The summed E-state index contributed by atoms with van der Waals surface area (Å²) < 4.78 is 1.66. The van der Waals surface area contributed by atoms with E-state index in [0.29, 0.717) is 5.82 Å². The first kappa shape index (κ1) is 10.0. The zero-order chi connectivity index (χ0) is 10.8. The van der Waals surface area contributed by atoms with Gasteiger partial charge in [-0.2, -0.15) is 5.10 Å². The summed E-state index contributed by atoms with van der Waals surface area (Å²) in [7, 11) is 1.83. The van der Waals surface area contributed by atoms with Gasteiger partial charge in [0, 0.05) is 17.5 Å². The van der Waals surface area contributed by atoms with Gasteiger partial charge in [0.05, 0.1) is 4.88 Å². The predicted octanol–water partition coefficient (Wildman–Crippen LogP) is 1.92. The predicted molar refractivity (Wildman–Crippen MR) is 59.1 cm³/mol. The van der Waals surface area contributed by atoms with E-state index in [4.69, 9.17) is 0 Å². The maximum absolute atomic E-state index is 10.7. The molecule has 0 atom stereocenters. The minimum Gasteiger partial charge on any atom is -0.297 e. The van der Waals surface area contributed by atoms with Gasteiger partial charge in [0.15, 0.2) is 12.1 Å². The second-order valence-corrected chi connectivity index (χ2v) is 4.37. The number of hydrogen-bond acceptors (Lipinski definition) is 4. The topological polar surface area (TPSA) is 47.8 Å². The maximum Gasteiger partial charge on any atom is 0.182 e. The van der Waals surface area contributed by atoms with Crippen LogP contribution in [0.5, 0.6) is 0 Å². The number of aryl methyl sites for hydroxylation is 2. The highest BCUT2D eigenvalue weighted by atomic mass is 32.1. The number of aromatic nitrogens is 3. The highest BCUT2D eigenvalue weighted by Gasteiger charge is 2.12. The lowest BCUT2D eigenvalue weighted by molar-refractivity contribution is 0.112. The Kier molecular flexibility index (Phi) is 2.64. The first-order valence-corrected chi connectivity index (χ1v) is 5.50. The summed E-state index contributed by atoms with van der Waals surface area (Å²) in [6.45, 7) is 2.06. The average Bonchev–Trinajstić information content (AvgIpc) is 2.82. The molecule has 4 nitrogen and oxygen atoms in total. The largest absolute Gasteiger partial charge is 0.297 e. The summed E-state index contributed by atoms with van der Waals surface area (Å²) in [4.78, 5) is 16.8. The van der Waals surface area contributed by atoms with Crippen molar-refractivity contribution in [3.05, 3.63) is 22.1 Å². The van der Waals surface area contributed by atoms with Crippen LogP contribution in [0.1, 0.15) is 21.5 Å². The van der Waals surface area contributed by atoms with E-state index in [1.807, 2.05) is 13.1 Å². The Morgan fingerprint density at radius 3 is 2.93 bits per heavy atom. The summed E-state index contributed by atoms with van der Waals surface area (Å²) in [6.07, 6.45) is 3.43. The second kappa shape index (κ2) is 3.94. The Bertz CT molecular complexity index is 487. The van der Waals surface area contributed by atoms with Gasteiger partial charge in [-0.25, -0.2) is 4.98 Å². The Labute approximate surface area is 91.6 Å². The number of nitrogens with zero attached hydrogens (tertiary/aromatic N) is 3. The molecule has 0 N–H and O–H groups in total. The van der Waals surface area contributed by atoms with Crippen molar-refractivity contribution in [1.29, 1.82) is 0 Å². The fourth-order valence-corrected chi connectivity index (χ4v) is 2.34.